The molecular weight excluding hydrogens is 242 g/mol. The number of aliphatic hydroxyl groups excluding tert-OH is 1. The number of nitrogens with zero attached hydrogens (tertiary/aromatic N) is 2. The SMILES string of the molecule is Cc1nn(CC(=O)NC2CCCCC2)c(C)c1CO. The Hall–Kier alpha value is -1.36. The summed E-state index contributed by atoms with van der Waals surface area (Å²) < 4.78 is 1.68. The third-order valence-corrected chi connectivity index (χ3v) is 3.95. The predicted octanol–water partition coefficient (Wildman–Crippen LogP) is 1.44. The van der Waals surface area contributed by atoms with Crippen molar-refractivity contribution in [1.82, 2.24) is 15.1 Å². The monoisotopic (exact) mass is 265 g/mol. The first-order chi connectivity index (χ1) is 9.11. The van der Waals surface area contributed by atoms with Gasteiger partial charge in [0.2, 0.25) is 5.91 Å². The van der Waals surface area contributed by atoms with Gasteiger partial charge in [-0.25, -0.2) is 0 Å². The van der Waals surface area contributed by atoms with Gasteiger partial charge in [0.1, 0.15) is 6.54 Å². The Morgan fingerprint density at radius 2 is 2.05 bits per heavy atom. The van der Waals surface area contributed by atoms with Crippen molar-refractivity contribution in [2.24, 2.45) is 0 Å². The molecule has 0 unspecified atom stereocenters. The number of nitrogens with one attached hydrogen (secondary N) is 1. The van der Waals surface area contributed by atoms with Gasteiger partial charge in [-0.2, -0.15) is 5.10 Å². The van der Waals surface area contributed by atoms with Gasteiger partial charge < -0.3 is 10.4 Å². The van der Waals surface area contributed by atoms with E-state index in [-0.39, 0.29) is 19.1 Å². The second kappa shape index (κ2) is 6.19. The number of carbonyl (C=O) groups excluding carboxylic acids is 1. The van der Waals surface area contributed by atoms with Crippen molar-refractivity contribution >= 4 is 5.91 Å². The highest BCUT2D eigenvalue weighted by Crippen LogP contribution is 2.17. The minimum absolute atomic E-state index is 0.0157. The summed E-state index contributed by atoms with van der Waals surface area (Å²) in [6.07, 6.45) is 5.87. The van der Waals surface area contributed by atoms with Crippen molar-refractivity contribution < 1.29 is 9.90 Å². The largest absolute Gasteiger partial charge is 0.392 e. The number of hydrogen-bond donors (Lipinski definition) is 2. The van der Waals surface area contributed by atoms with Gasteiger partial charge in [-0.15, -0.1) is 0 Å². The molecular formula is C14H23N3O2. The first-order valence-electron chi connectivity index (χ1n) is 7.05. The summed E-state index contributed by atoms with van der Waals surface area (Å²) in [5.74, 6) is 0.0157. The fourth-order valence-corrected chi connectivity index (χ4v) is 2.77. The van der Waals surface area contributed by atoms with Gasteiger partial charge in [0.15, 0.2) is 0 Å². The molecule has 1 aliphatic rings. The van der Waals surface area contributed by atoms with Crippen molar-refractivity contribution in [2.75, 3.05) is 0 Å². The summed E-state index contributed by atoms with van der Waals surface area (Å²) in [6.45, 7) is 3.96. The van der Waals surface area contributed by atoms with Crippen LogP contribution in [0, 0.1) is 13.8 Å². The summed E-state index contributed by atoms with van der Waals surface area (Å²) in [7, 11) is 0. The number of aliphatic hydroxyl groups is 1. The number of hydrogen-bond acceptors (Lipinski definition) is 3. The Morgan fingerprint density at radius 1 is 1.37 bits per heavy atom. The van der Waals surface area contributed by atoms with Gasteiger partial charge in [-0.1, -0.05) is 19.3 Å². The Kier molecular flexibility index (Phi) is 4.58. The van der Waals surface area contributed by atoms with E-state index in [2.05, 4.69) is 10.4 Å². The summed E-state index contributed by atoms with van der Waals surface area (Å²) >= 11 is 0. The molecule has 106 valence electrons. The molecule has 5 heteroatoms. The van der Waals surface area contributed by atoms with E-state index in [0.717, 1.165) is 29.8 Å². The molecule has 0 radical (unpaired) electrons. The molecule has 1 saturated carbocycles. The van der Waals surface area contributed by atoms with Crippen LogP contribution in [0.25, 0.3) is 0 Å². The van der Waals surface area contributed by atoms with Crippen LogP contribution in [0.5, 0.6) is 0 Å². The van der Waals surface area contributed by atoms with E-state index in [9.17, 15) is 9.90 Å². The molecule has 1 aliphatic carbocycles. The maximum atomic E-state index is 12.0. The normalized spacial score (nSPS) is 16.6. The molecule has 0 aliphatic heterocycles. The van der Waals surface area contributed by atoms with Crippen molar-refractivity contribution in [3.63, 3.8) is 0 Å². The van der Waals surface area contributed by atoms with Crippen LogP contribution in [0.4, 0.5) is 0 Å². The lowest BCUT2D eigenvalue weighted by Crippen LogP contribution is -2.38. The molecule has 1 heterocycles. The standard InChI is InChI=1S/C14H23N3O2/c1-10-13(9-18)11(2)17(16-10)8-14(19)15-12-6-4-3-5-7-12/h12,18H,3-9H2,1-2H3,(H,15,19). The quantitative estimate of drug-likeness (QED) is 0.865. The maximum Gasteiger partial charge on any atom is 0.241 e. The highest BCUT2D eigenvalue weighted by Gasteiger charge is 2.17. The Balaban J connectivity index is 1.94. The molecule has 1 fully saturated rings. The van der Waals surface area contributed by atoms with Crippen LogP contribution >= 0.6 is 0 Å². The number of aromatic nitrogens is 2. The number of aryl methyl sites for hydroxylation is 1. The van der Waals surface area contributed by atoms with Gasteiger partial charge in [-0.05, 0) is 26.7 Å². The van der Waals surface area contributed by atoms with Crippen molar-refractivity contribution in [3.8, 4) is 0 Å². The minimum Gasteiger partial charge on any atom is -0.392 e. The molecule has 1 amide bonds. The van der Waals surface area contributed by atoms with Crippen LogP contribution in [-0.2, 0) is 17.9 Å². The maximum absolute atomic E-state index is 12.0. The van der Waals surface area contributed by atoms with E-state index in [1.807, 2.05) is 13.8 Å². The number of rotatable bonds is 4. The van der Waals surface area contributed by atoms with E-state index < -0.39 is 0 Å². The first-order valence-corrected chi connectivity index (χ1v) is 7.05. The van der Waals surface area contributed by atoms with Crippen molar-refractivity contribution in [2.45, 2.75) is 65.1 Å². The fraction of sp³-hybridized carbons (Fsp3) is 0.714. The number of amides is 1. The van der Waals surface area contributed by atoms with E-state index in [1.54, 1.807) is 4.68 Å². The van der Waals surface area contributed by atoms with Crippen LogP contribution < -0.4 is 5.32 Å². The van der Waals surface area contributed by atoms with E-state index in [4.69, 9.17) is 0 Å². The molecule has 0 saturated heterocycles. The summed E-state index contributed by atoms with van der Waals surface area (Å²) in [6, 6.07) is 0.329. The molecule has 0 aromatic carbocycles. The zero-order valence-electron chi connectivity index (χ0n) is 11.8. The summed E-state index contributed by atoms with van der Waals surface area (Å²) in [4.78, 5) is 12.0. The first kappa shape index (κ1) is 14.1. The molecule has 2 N–H and O–H groups in total. The average Bonchev–Trinajstić information content (AvgIpc) is 2.65. The van der Waals surface area contributed by atoms with Crippen LogP contribution in [-0.4, -0.2) is 26.8 Å². The van der Waals surface area contributed by atoms with E-state index >= 15 is 0 Å². The third kappa shape index (κ3) is 3.35. The topological polar surface area (TPSA) is 67.2 Å². The highest BCUT2D eigenvalue weighted by atomic mass is 16.3. The lowest BCUT2D eigenvalue weighted by molar-refractivity contribution is -0.122. The molecule has 1 aromatic heterocycles. The zero-order valence-corrected chi connectivity index (χ0v) is 11.8. The van der Waals surface area contributed by atoms with E-state index in [1.165, 1.54) is 19.3 Å². The fourth-order valence-electron chi connectivity index (χ4n) is 2.77. The Bertz CT molecular complexity index is 448. The van der Waals surface area contributed by atoms with Gasteiger partial charge in [0.25, 0.3) is 0 Å². The summed E-state index contributed by atoms with van der Waals surface area (Å²) in [5.41, 5.74) is 2.50. The summed E-state index contributed by atoms with van der Waals surface area (Å²) in [5, 5.41) is 16.6. The molecule has 0 atom stereocenters. The second-order valence-corrected chi connectivity index (χ2v) is 5.37. The zero-order chi connectivity index (χ0) is 13.8. The molecule has 1 aromatic rings. The highest BCUT2D eigenvalue weighted by molar-refractivity contribution is 5.76. The molecule has 19 heavy (non-hydrogen) atoms. The van der Waals surface area contributed by atoms with Crippen LogP contribution in [0.1, 0.15) is 49.1 Å². The van der Waals surface area contributed by atoms with E-state index in [0.29, 0.717) is 6.04 Å². The molecule has 0 spiro atoms. The smallest absolute Gasteiger partial charge is 0.241 e. The average molecular weight is 265 g/mol. The Labute approximate surface area is 114 Å². The lowest BCUT2D eigenvalue weighted by Gasteiger charge is -2.22. The van der Waals surface area contributed by atoms with Gasteiger partial charge in [0, 0.05) is 17.3 Å². The van der Waals surface area contributed by atoms with Crippen molar-refractivity contribution in [3.05, 3.63) is 17.0 Å². The van der Waals surface area contributed by atoms with Gasteiger partial charge in [-0.3, -0.25) is 9.48 Å². The third-order valence-electron chi connectivity index (χ3n) is 3.95. The molecule has 0 bridgehead atoms. The minimum atomic E-state index is -0.0259. The molecule has 2 rings (SSSR count). The lowest BCUT2D eigenvalue weighted by atomic mass is 9.95. The molecule has 5 nitrogen and oxygen atoms in total. The predicted molar refractivity (Wildman–Crippen MR) is 72.6 cm³/mol. The van der Waals surface area contributed by atoms with Gasteiger partial charge in [0.05, 0.1) is 12.3 Å². The second-order valence-electron chi connectivity index (χ2n) is 5.37. The van der Waals surface area contributed by atoms with Crippen LogP contribution in [0.2, 0.25) is 0 Å². The van der Waals surface area contributed by atoms with Crippen molar-refractivity contribution in [1.29, 1.82) is 0 Å². The number of carbonyl (C=O) groups is 1. The Morgan fingerprint density at radius 3 is 2.63 bits per heavy atom. The van der Waals surface area contributed by atoms with Crippen LogP contribution in [0.3, 0.4) is 0 Å². The van der Waals surface area contributed by atoms with Gasteiger partial charge >= 0.3 is 0 Å². The van der Waals surface area contributed by atoms with Crippen LogP contribution in [0.15, 0.2) is 0 Å².